The van der Waals surface area contributed by atoms with Crippen LogP contribution in [0.3, 0.4) is 0 Å². The quantitative estimate of drug-likeness (QED) is 0.454. The molecule has 2 N–H and O–H groups in total. The van der Waals surface area contributed by atoms with Gasteiger partial charge >= 0.3 is 0 Å². The second-order valence-corrected chi connectivity index (χ2v) is 10.2. The summed E-state index contributed by atoms with van der Waals surface area (Å²) in [6, 6.07) is 9.65. The van der Waals surface area contributed by atoms with E-state index in [0.717, 1.165) is 35.6 Å². The molecule has 2 aromatic heterocycles. The summed E-state index contributed by atoms with van der Waals surface area (Å²) in [4.78, 5) is 13.5. The molecule has 154 valence electrons. The van der Waals surface area contributed by atoms with E-state index in [0.29, 0.717) is 5.13 Å². The van der Waals surface area contributed by atoms with Crippen molar-refractivity contribution in [1.82, 2.24) is 14.9 Å². The number of benzene rings is 1. The third-order valence-electron chi connectivity index (χ3n) is 4.10. The SMILES string of the molecule is CCCCCc1nnc(NC(=O)c2cccc(S(=O)(=O)NCc3cccs3)c2)s1. The van der Waals surface area contributed by atoms with Crippen LogP contribution >= 0.6 is 22.7 Å². The number of aromatic nitrogens is 2. The highest BCUT2D eigenvalue weighted by atomic mass is 32.2. The molecular formula is C19H22N4O3S3. The number of nitrogens with zero attached hydrogens (tertiary/aromatic N) is 2. The van der Waals surface area contributed by atoms with Crippen molar-refractivity contribution >= 4 is 43.7 Å². The number of carbonyl (C=O) groups excluding carboxylic acids is 1. The lowest BCUT2D eigenvalue weighted by molar-refractivity contribution is 0.102. The Morgan fingerprint density at radius 1 is 1.14 bits per heavy atom. The van der Waals surface area contributed by atoms with E-state index in [-0.39, 0.29) is 17.0 Å². The summed E-state index contributed by atoms with van der Waals surface area (Å²) in [6.45, 7) is 2.35. The molecule has 2 heterocycles. The Balaban J connectivity index is 1.64. The second-order valence-electron chi connectivity index (χ2n) is 6.34. The van der Waals surface area contributed by atoms with Gasteiger partial charge in [0.05, 0.1) is 4.90 Å². The Labute approximate surface area is 178 Å². The average molecular weight is 451 g/mol. The fourth-order valence-electron chi connectivity index (χ4n) is 2.57. The van der Waals surface area contributed by atoms with Gasteiger partial charge in [-0.05, 0) is 36.1 Å². The van der Waals surface area contributed by atoms with Gasteiger partial charge in [0.15, 0.2) is 0 Å². The molecule has 1 aromatic carbocycles. The number of carbonyl (C=O) groups is 1. The first-order valence-corrected chi connectivity index (χ1v) is 12.4. The van der Waals surface area contributed by atoms with E-state index < -0.39 is 15.9 Å². The van der Waals surface area contributed by atoms with Gasteiger partial charge in [-0.1, -0.05) is 43.2 Å². The molecule has 7 nitrogen and oxygen atoms in total. The van der Waals surface area contributed by atoms with E-state index in [4.69, 9.17) is 0 Å². The number of thiophene rings is 1. The van der Waals surface area contributed by atoms with Crippen LogP contribution in [0.5, 0.6) is 0 Å². The van der Waals surface area contributed by atoms with Gasteiger partial charge in [0.2, 0.25) is 15.2 Å². The highest BCUT2D eigenvalue weighted by Crippen LogP contribution is 2.19. The van der Waals surface area contributed by atoms with Gasteiger partial charge < -0.3 is 0 Å². The predicted molar refractivity (Wildman–Crippen MR) is 116 cm³/mol. The molecule has 0 radical (unpaired) electrons. The standard InChI is InChI=1S/C19H22N4O3S3/c1-2-3-4-10-17-22-23-19(28-17)21-18(24)14-7-5-9-16(12-14)29(25,26)20-13-15-8-6-11-27-15/h5-9,11-12,20H,2-4,10,13H2,1H3,(H,21,23,24). The zero-order chi connectivity index (χ0) is 20.7. The fraction of sp³-hybridized carbons (Fsp3) is 0.316. The van der Waals surface area contributed by atoms with Crippen LogP contribution in [0.2, 0.25) is 0 Å². The van der Waals surface area contributed by atoms with Gasteiger partial charge in [-0.15, -0.1) is 21.5 Å². The Hall–Kier alpha value is -2.14. The van der Waals surface area contributed by atoms with Crippen LogP contribution < -0.4 is 10.0 Å². The molecule has 10 heteroatoms. The number of aryl methyl sites for hydroxylation is 1. The minimum atomic E-state index is -3.72. The molecule has 0 aliphatic carbocycles. The first kappa shape index (κ1) is 21.6. The van der Waals surface area contributed by atoms with Crippen LogP contribution in [0.15, 0.2) is 46.7 Å². The molecule has 0 aliphatic rings. The van der Waals surface area contributed by atoms with Crippen LogP contribution in [-0.4, -0.2) is 24.5 Å². The predicted octanol–water partition coefficient (Wildman–Crippen LogP) is 4.06. The Kier molecular flexibility index (Phi) is 7.48. The third-order valence-corrected chi connectivity index (χ3v) is 7.28. The van der Waals surface area contributed by atoms with Crippen molar-refractivity contribution in [3.63, 3.8) is 0 Å². The van der Waals surface area contributed by atoms with Gasteiger partial charge in [-0.3, -0.25) is 10.1 Å². The van der Waals surface area contributed by atoms with Gasteiger partial charge in [-0.2, -0.15) is 0 Å². The monoisotopic (exact) mass is 450 g/mol. The minimum Gasteiger partial charge on any atom is -0.296 e. The molecule has 0 unspecified atom stereocenters. The number of hydrogen-bond donors (Lipinski definition) is 2. The Morgan fingerprint density at radius 3 is 2.76 bits per heavy atom. The van der Waals surface area contributed by atoms with Crippen molar-refractivity contribution in [1.29, 1.82) is 0 Å². The molecule has 1 amide bonds. The summed E-state index contributed by atoms with van der Waals surface area (Å²) >= 11 is 2.81. The molecule has 0 spiro atoms. The Bertz CT molecular complexity index is 1050. The van der Waals surface area contributed by atoms with E-state index in [1.807, 2.05) is 17.5 Å². The molecule has 0 bridgehead atoms. The lowest BCUT2D eigenvalue weighted by atomic mass is 10.2. The zero-order valence-corrected chi connectivity index (χ0v) is 18.4. The normalized spacial score (nSPS) is 11.5. The van der Waals surface area contributed by atoms with Crippen molar-refractivity contribution in [2.75, 3.05) is 5.32 Å². The maximum atomic E-state index is 12.5. The van der Waals surface area contributed by atoms with Gasteiger partial charge in [0.1, 0.15) is 5.01 Å². The third kappa shape index (κ3) is 6.17. The zero-order valence-electron chi connectivity index (χ0n) is 15.9. The highest BCUT2D eigenvalue weighted by molar-refractivity contribution is 7.89. The molecule has 3 rings (SSSR count). The van der Waals surface area contributed by atoms with Gasteiger partial charge in [0.25, 0.3) is 5.91 Å². The van der Waals surface area contributed by atoms with E-state index >= 15 is 0 Å². The highest BCUT2D eigenvalue weighted by Gasteiger charge is 2.17. The van der Waals surface area contributed by atoms with Gasteiger partial charge in [-0.25, -0.2) is 13.1 Å². The number of unbranched alkanes of at least 4 members (excludes halogenated alkanes) is 2. The number of nitrogens with one attached hydrogen (secondary N) is 2. The summed E-state index contributed by atoms with van der Waals surface area (Å²) < 4.78 is 27.6. The van der Waals surface area contributed by atoms with E-state index in [9.17, 15) is 13.2 Å². The van der Waals surface area contributed by atoms with Crippen LogP contribution in [0.1, 0.15) is 46.4 Å². The van der Waals surface area contributed by atoms with Crippen LogP contribution in [-0.2, 0) is 23.0 Å². The van der Waals surface area contributed by atoms with Crippen LogP contribution in [0.4, 0.5) is 5.13 Å². The smallest absolute Gasteiger partial charge is 0.257 e. The second kappa shape index (κ2) is 10.1. The topological polar surface area (TPSA) is 101 Å². The van der Waals surface area contributed by atoms with Crippen molar-refractivity contribution in [3.8, 4) is 0 Å². The number of rotatable bonds is 10. The lowest BCUT2D eigenvalue weighted by Crippen LogP contribution is -2.23. The molecule has 0 atom stereocenters. The number of sulfonamides is 1. The molecule has 0 aliphatic heterocycles. The summed E-state index contributed by atoms with van der Waals surface area (Å²) in [6.07, 6.45) is 4.13. The number of anilines is 1. The largest absolute Gasteiger partial charge is 0.296 e. The molecule has 0 fully saturated rings. The molecule has 29 heavy (non-hydrogen) atoms. The first-order chi connectivity index (χ1) is 14.0. The lowest BCUT2D eigenvalue weighted by Gasteiger charge is -2.07. The maximum Gasteiger partial charge on any atom is 0.257 e. The fourth-order valence-corrected chi connectivity index (χ4v) is 5.13. The van der Waals surface area contributed by atoms with Crippen LogP contribution in [0, 0.1) is 0 Å². The van der Waals surface area contributed by atoms with E-state index in [2.05, 4.69) is 27.2 Å². The summed E-state index contributed by atoms with van der Waals surface area (Å²) in [7, 11) is -3.72. The van der Waals surface area contributed by atoms with Crippen LogP contribution in [0.25, 0.3) is 0 Å². The van der Waals surface area contributed by atoms with Crippen molar-refractivity contribution in [3.05, 3.63) is 57.2 Å². The van der Waals surface area contributed by atoms with Crippen molar-refractivity contribution in [2.45, 2.75) is 44.0 Å². The van der Waals surface area contributed by atoms with E-state index in [1.54, 1.807) is 12.1 Å². The minimum absolute atomic E-state index is 0.0409. The maximum absolute atomic E-state index is 12.5. The molecular weight excluding hydrogens is 428 g/mol. The van der Waals surface area contributed by atoms with E-state index in [1.165, 1.54) is 34.8 Å². The molecule has 0 saturated carbocycles. The summed E-state index contributed by atoms with van der Waals surface area (Å²) in [5, 5.41) is 14.0. The van der Waals surface area contributed by atoms with Crippen molar-refractivity contribution < 1.29 is 13.2 Å². The molecule has 0 saturated heterocycles. The van der Waals surface area contributed by atoms with Gasteiger partial charge in [0, 0.05) is 23.4 Å². The summed E-state index contributed by atoms with van der Waals surface area (Å²) in [5.41, 5.74) is 0.242. The summed E-state index contributed by atoms with van der Waals surface area (Å²) in [5.74, 6) is -0.420. The number of amides is 1. The first-order valence-electron chi connectivity index (χ1n) is 9.24. The Morgan fingerprint density at radius 2 is 2.00 bits per heavy atom. The average Bonchev–Trinajstić information content (AvgIpc) is 3.39. The number of hydrogen-bond acceptors (Lipinski definition) is 7. The van der Waals surface area contributed by atoms with Crippen molar-refractivity contribution in [2.24, 2.45) is 0 Å². The molecule has 3 aromatic rings.